The van der Waals surface area contributed by atoms with Crippen LogP contribution in [-0.4, -0.2) is 33.6 Å². The molecule has 0 aliphatic rings. The first-order valence-corrected chi connectivity index (χ1v) is 10.1. The topological polar surface area (TPSA) is 67.1 Å². The number of rotatable bonds is 8. The van der Waals surface area contributed by atoms with Crippen LogP contribution >= 0.6 is 11.3 Å². The Morgan fingerprint density at radius 2 is 2.11 bits per heavy atom. The average Bonchev–Trinajstić information content (AvgIpc) is 3.38. The van der Waals surface area contributed by atoms with Gasteiger partial charge in [0.2, 0.25) is 0 Å². The van der Waals surface area contributed by atoms with E-state index in [4.69, 9.17) is 4.99 Å². The van der Waals surface area contributed by atoms with Gasteiger partial charge in [0.25, 0.3) is 0 Å². The summed E-state index contributed by atoms with van der Waals surface area (Å²) in [6, 6.07) is 8.26. The molecule has 1 aromatic carbocycles. The fourth-order valence-corrected chi connectivity index (χ4v) is 3.58. The molecule has 0 bridgehead atoms. The molecule has 3 rings (SSSR count). The van der Waals surface area contributed by atoms with Gasteiger partial charge in [0.05, 0.1) is 23.6 Å². The smallest absolute Gasteiger partial charge is 0.191 e. The minimum absolute atomic E-state index is 0.598. The second-order valence-corrected chi connectivity index (χ2v) is 7.24. The summed E-state index contributed by atoms with van der Waals surface area (Å²) in [5, 5.41) is 7.89. The molecule has 0 unspecified atom stereocenters. The molecule has 2 aromatic heterocycles. The average molecular weight is 383 g/mol. The molecule has 0 amide bonds. The zero-order valence-corrected chi connectivity index (χ0v) is 16.7. The zero-order valence-electron chi connectivity index (χ0n) is 15.9. The van der Waals surface area contributed by atoms with Crippen LogP contribution in [0.4, 0.5) is 0 Å². The standard InChI is InChI=1S/C20H26N6S/c1-3-17-14-24-19(27-17)9-10-23-20(22-4-2)25-13-16-7-5-6-8-18(16)26-12-11-21-15-26/h5-8,11-12,14-15H,3-4,9-10,13H2,1-2H3,(H2,22,23,25). The Labute approximate surface area is 164 Å². The maximum absolute atomic E-state index is 4.75. The third-order valence-corrected chi connectivity index (χ3v) is 5.31. The van der Waals surface area contributed by atoms with Crippen molar-refractivity contribution in [2.75, 3.05) is 13.1 Å². The summed E-state index contributed by atoms with van der Waals surface area (Å²) in [6.07, 6.45) is 9.47. The van der Waals surface area contributed by atoms with Crippen LogP contribution in [0.1, 0.15) is 29.3 Å². The van der Waals surface area contributed by atoms with Crippen LogP contribution in [0.25, 0.3) is 5.69 Å². The molecule has 27 heavy (non-hydrogen) atoms. The van der Waals surface area contributed by atoms with Crippen molar-refractivity contribution in [1.29, 1.82) is 0 Å². The Morgan fingerprint density at radius 1 is 1.22 bits per heavy atom. The molecule has 0 aliphatic heterocycles. The highest BCUT2D eigenvalue weighted by Crippen LogP contribution is 2.15. The Hall–Kier alpha value is -2.67. The number of nitrogens with zero attached hydrogens (tertiary/aromatic N) is 4. The van der Waals surface area contributed by atoms with E-state index in [1.54, 1.807) is 17.5 Å². The lowest BCUT2D eigenvalue weighted by Gasteiger charge is -2.12. The second kappa shape index (κ2) is 9.87. The number of thiazole rings is 1. The predicted molar refractivity (Wildman–Crippen MR) is 112 cm³/mol. The van der Waals surface area contributed by atoms with Gasteiger partial charge in [-0.3, -0.25) is 0 Å². The largest absolute Gasteiger partial charge is 0.357 e. The van der Waals surface area contributed by atoms with Gasteiger partial charge in [-0.25, -0.2) is 15.0 Å². The zero-order chi connectivity index (χ0) is 18.9. The summed E-state index contributed by atoms with van der Waals surface area (Å²) in [5.74, 6) is 0.824. The minimum atomic E-state index is 0.598. The number of nitrogens with one attached hydrogen (secondary N) is 2. The molecule has 6 nitrogen and oxygen atoms in total. The number of aromatic nitrogens is 3. The van der Waals surface area contributed by atoms with Crippen LogP contribution in [0.3, 0.4) is 0 Å². The SMILES string of the molecule is CCNC(=NCc1ccccc1-n1ccnc1)NCCc1ncc(CC)s1. The molecule has 3 aromatic rings. The first-order valence-electron chi connectivity index (χ1n) is 9.32. The molecular weight excluding hydrogens is 356 g/mol. The monoisotopic (exact) mass is 382 g/mol. The molecule has 0 saturated carbocycles. The van der Waals surface area contributed by atoms with Gasteiger partial charge in [-0.05, 0) is 25.0 Å². The number of imidazole rings is 1. The van der Waals surface area contributed by atoms with E-state index in [2.05, 4.69) is 46.6 Å². The van der Waals surface area contributed by atoms with Crippen molar-refractivity contribution in [1.82, 2.24) is 25.2 Å². The van der Waals surface area contributed by atoms with Crippen LogP contribution < -0.4 is 10.6 Å². The van der Waals surface area contributed by atoms with Crippen molar-refractivity contribution >= 4 is 17.3 Å². The fraction of sp³-hybridized carbons (Fsp3) is 0.350. The van der Waals surface area contributed by atoms with Crippen molar-refractivity contribution < 1.29 is 0 Å². The number of aliphatic imine (C=N–C) groups is 1. The molecule has 0 fully saturated rings. The highest BCUT2D eigenvalue weighted by molar-refractivity contribution is 7.11. The van der Waals surface area contributed by atoms with Gasteiger partial charge in [0, 0.05) is 43.0 Å². The van der Waals surface area contributed by atoms with Crippen LogP contribution in [-0.2, 0) is 19.4 Å². The molecule has 0 radical (unpaired) electrons. The maximum atomic E-state index is 4.75. The summed E-state index contributed by atoms with van der Waals surface area (Å²) in [6.45, 7) is 6.47. The van der Waals surface area contributed by atoms with Gasteiger partial charge in [-0.1, -0.05) is 25.1 Å². The van der Waals surface area contributed by atoms with E-state index in [1.165, 1.54) is 9.88 Å². The van der Waals surface area contributed by atoms with Crippen molar-refractivity contribution in [3.05, 3.63) is 64.6 Å². The van der Waals surface area contributed by atoms with Gasteiger partial charge in [-0.15, -0.1) is 11.3 Å². The Balaban J connectivity index is 1.62. The van der Waals surface area contributed by atoms with Crippen LogP contribution in [0, 0.1) is 0 Å². The summed E-state index contributed by atoms with van der Waals surface area (Å²) in [4.78, 5) is 14.7. The van der Waals surface area contributed by atoms with Gasteiger partial charge in [0.15, 0.2) is 5.96 Å². The number of benzene rings is 1. The third kappa shape index (κ3) is 5.40. The van der Waals surface area contributed by atoms with Crippen molar-refractivity contribution in [2.45, 2.75) is 33.2 Å². The lowest BCUT2D eigenvalue weighted by atomic mass is 10.2. The van der Waals surface area contributed by atoms with E-state index >= 15 is 0 Å². The lowest BCUT2D eigenvalue weighted by Crippen LogP contribution is -2.38. The molecule has 0 spiro atoms. The number of para-hydroxylation sites is 1. The van der Waals surface area contributed by atoms with Gasteiger partial charge >= 0.3 is 0 Å². The third-order valence-electron chi connectivity index (χ3n) is 4.11. The molecule has 0 aliphatic carbocycles. The van der Waals surface area contributed by atoms with E-state index in [0.29, 0.717) is 6.54 Å². The Kier molecular flexibility index (Phi) is 6.98. The molecule has 2 heterocycles. The molecule has 2 N–H and O–H groups in total. The van der Waals surface area contributed by atoms with E-state index in [1.807, 2.05) is 35.4 Å². The summed E-state index contributed by atoms with van der Waals surface area (Å²) in [5.41, 5.74) is 2.25. The Bertz CT molecular complexity index is 853. The van der Waals surface area contributed by atoms with E-state index in [-0.39, 0.29) is 0 Å². The summed E-state index contributed by atoms with van der Waals surface area (Å²) >= 11 is 1.79. The van der Waals surface area contributed by atoms with E-state index < -0.39 is 0 Å². The van der Waals surface area contributed by atoms with Crippen LogP contribution in [0.15, 0.2) is 54.2 Å². The van der Waals surface area contributed by atoms with Gasteiger partial charge in [0.1, 0.15) is 0 Å². The highest BCUT2D eigenvalue weighted by Gasteiger charge is 2.05. The maximum Gasteiger partial charge on any atom is 0.191 e. The number of guanidine groups is 1. The number of hydrogen-bond acceptors (Lipinski definition) is 4. The lowest BCUT2D eigenvalue weighted by molar-refractivity contribution is 0.795. The van der Waals surface area contributed by atoms with Crippen molar-refractivity contribution in [2.24, 2.45) is 4.99 Å². The van der Waals surface area contributed by atoms with Crippen LogP contribution in [0.2, 0.25) is 0 Å². The van der Waals surface area contributed by atoms with Gasteiger partial charge in [-0.2, -0.15) is 0 Å². The number of hydrogen-bond donors (Lipinski definition) is 2. The summed E-state index contributed by atoms with van der Waals surface area (Å²) in [7, 11) is 0. The molecule has 0 saturated heterocycles. The fourth-order valence-electron chi connectivity index (χ4n) is 2.72. The molecule has 142 valence electrons. The Morgan fingerprint density at radius 3 is 2.85 bits per heavy atom. The van der Waals surface area contributed by atoms with E-state index in [0.717, 1.165) is 43.1 Å². The molecular formula is C20H26N6S. The summed E-state index contributed by atoms with van der Waals surface area (Å²) < 4.78 is 2.01. The molecule has 7 heteroatoms. The van der Waals surface area contributed by atoms with Crippen molar-refractivity contribution in [3.63, 3.8) is 0 Å². The quantitative estimate of drug-likeness (QED) is 0.464. The first-order chi connectivity index (χ1) is 13.3. The predicted octanol–water partition coefficient (Wildman–Crippen LogP) is 3.19. The normalized spacial score (nSPS) is 11.6. The number of aryl methyl sites for hydroxylation is 1. The first kappa shape index (κ1) is 19.1. The molecule has 0 atom stereocenters. The van der Waals surface area contributed by atoms with Crippen molar-refractivity contribution in [3.8, 4) is 5.69 Å². The van der Waals surface area contributed by atoms with E-state index in [9.17, 15) is 0 Å². The van der Waals surface area contributed by atoms with Gasteiger partial charge < -0.3 is 15.2 Å². The highest BCUT2D eigenvalue weighted by atomic mass is 32.1. The minimum Gasteiger partial charge on any atom is -0.357 e. The van der Waals surface area contributed by atoms with Crippen LogP contribution in [0.5, 0.6) is 0 Å². The second-order valence-electron chi connectivity index (χ2n) is 6.04.